The molecule has 138 valence electrons. The van der Waals surface area contributed by atoms with Crippen LogP contribution in [0.3, 0.4) is 0 Å². The van der Waals surface area contributed by atoms with Gasteiger partial charge in [0.1, 0.15) is 5.82 Å². The van der Waals surface area contributed by atoms with Gasteiger partial charge < -0.3 is 10.2 Å². The van der Waals surface area contributed by atoms with Crippen molar-refractivity contribution in [1.82, 2.24) is 9.21 Å². The molecule has 2 aromatic rings. The Morgan fingerprint density at radius 1 is 1.00 bits per heavy atom. The quantitative estimate of drug-likeness (QED) is 0.813. The van der Waals surface area contributed by atoms with Gasteiger partial charge >= 0.3 is 0 Å². The van der Waals surface area contributed by atoms with Gasteiger partial charge in [0, 0.05) is 31.9 Å². The highest BCUT2D eigenvalue weighted by atomic mass is 32.2. The Morgan fingerprint density at radius 3 is 2.15 bits per heavy atom. The maximum absolute atomic E-state index is 13.0. The molecule has 1 N–H and O–H groups in total. The van der Waals surface area contributed by atoms with Gasteiger partial charge in [-0.1, -0.05) is 17.7 Å². The Bertz CT molecular complexity index is 876. The molecule has 1 aliphatic heterocycles. The van der Waals surface area contributed by atoms with Gasteiger partial charge in [0.05, 0.1) is 4.90 Å². The second-order valence-electron chi connectivity index (χ2n) is 6.14. The van der Waals surface area contributed by atoms with Gasteiger partial charge in [0.2, 0.25) is 10.0 Å². The largest absolute Gasteiger partial charge is 0.346 e. The molecule has 26 heavy (non-hydrogen) atoms. The molecule has 1 heterocycles. The van der Waals surface area contributed by atoms with Gasteiger partial charge in [0.15, 0.2) is 5.11 Å². The van der Waals surface area contributed by atoms with Gasteiger partial charge in [-0.05, 0) is 55.5 Å². The molecule has 5 nitrogen and oxygen atoms in total. The van der Waals surface area contributed by atoms with E-state index < -0.39 is 10.0 Å². The Hall–Kier alpha value is -2.03. The van der Waals surface area contributed by atoms with E-state index in [1.54, 1.807) is 36.4 Å². The highest BCUT2D eigenvalue weighted by Crippen LogP contribution is 2.19. The minimum Gasteiger partial charge on any atom is -0.346 e. The van der Waals surface area contributed by atoms with Crippen molar-refractivity contribution in [3.8, 4) is 0 Å². The predicted molar refractivity (Wildman–Crippen MR) is 104 cm³/mol. The number of hydrogen-bond acceptors (Lipinski definition) is 3. The number of halogens is 1. The normalized spacial score (nSPS) is 15.7. The molecule has 0 amide bonds. The summed E-state index contributed by atoms with van der Waals surface area (Å²) in [5.74, 6) is -0.309. The minimum absolute atomic E-state index is 0.309. The highest BCUT2D eigenvalue weighted by molar-refractivity contribution is 7.89. The van der Waals surface area contributed by atoms with Gasteiger partial charge in [-0.15, -0.1) is 0 Å². The summed E-state index contributed by atoms with van der Waals surface area (Å²) in [4.78, 5) is 2.23. The van der Waals surface area contributed by atoms with Crippen molar-refractivity contribution >= 4 is 33.0 Å². The van der Waals surface area contributed by atoms with E-state index >= 15 is 0 Å². The lowest BCUT2D eigenvalue weighted by Crippen LogP contribution is -2.51. The van der Waals surface area contributed by atoms with Gasteiger partial charge in [-0.2, -0.15) is 4.31 Å². The fourth-order valence-electron chi connectivity index (χ4n) is 2.73. The number of nitrogens with zero attached hydrogens (tertiary/aromatic N) is 2. The summed E-state index contributed by atoms with van der Waals surface area (Å²) in [5.41, 5.74) is 1.72. The van der Waals surface area contributed by atoms with Crippen LogP contribution in [0.1, 0.15) is 5.56 Å². The molecule has 0 aliphatic carbocycles. The number of hydrogen-bond donors (Lipinski definition) is 1. The van der Waals surface area contributed by atoms with E-state index in [1.165, 1.54) is 16.4 Å². The summed E-state index contributed by atoms with van der Waals surface area (Å²) in [5, 5.41) is 3.56. The van der Waals surface area contributed by atoms with E-state index in [2.05, 4.69) is 5.32 Å². The van der Waals surface area contributed by atoms with Crippen LogP contribution in [0.5, 0.6) is 0 Å². The average Bonchev–Trinajstić information content (AvgIpc) is 2.64. The van der Waals surface area contributed by atoms with Gasteiger partial charge in [0.25, 0.3) is 0 Å². The van der Waals surface area contributed by atoms with E-state index in [1.807, 2.05) is 11.8 Å². The standard InChI is InChI=1S/C18H20FN3O2S2/c1-14-2-8-17(9-3-14)26(23,24)22-12-10-21(11-13-22)18(25)20-16-6-4-15(19)5-7-16/h2-9H,10-13H2,1H3,(H,20,25). The van der Waals surface area contributed by atoms with E-state index in [4.69, 9.17) is 12.2 Å². The summed E-state index contributed by atoms with van der Waals surface area (Å²) in [6, 6.07) is 12.8. The fourth-order valence-corrected chi connectivity index (χ4v) is 4.45. The molecule has 0 saturated carbocycles. The molecule has 0 atom stereocenters. The Labute approximate surface area is 158 Å². The number of rotatable bonds is 3. The molecule has 0 aromatic heterocycles. The summed E-state index contributed by atoms with van der Waals surface area (Å²) in [6.07, 6.45) is 0. The Kier molecular flexibility index (Phi) is 5.55. The van der Waals surface area contributed by atoms with Crippen LogP contribution in [-0.4, -0.2) is 48.9 Å². The van der Waals surface area contributed by atoms with E-state index in [9.17, 15) is 12.8 Å². The van der Waals surface area contributed by atoms with Crippen molar-refractivity contribution in [2.24, 2.45) is 0 Å². The number of aryl methyl sites for hydroxylation is 1. The van der Waals surface area contributed by atoms with E-state index in [0.29, 0.717) is 41.9 Å². The Morgan fingerprint density at radius 2 is 1.58 bits per heavy atom. The van der Waals surface area contributed by atoms with Crippen LogP contribution in [0.15, 0.2) is 53.4 Å². The topological polar surface area (TPSA) is 52.7 Å². The van der Waals surface area contributed by atoms with Crippen molar-refractivity contribution < 1.29 is 12.8 Å². The maximum atomic E-state index is 13.0. The van der Waals surface area contributed by atoms with Crippen LogP contribution in [0.25, 0.3) is 0 Å². The summed E-state index contributed by atoms with van der Waals surface area (Å²) < 4.78 is 39.9. The lowest BCUT2D eigenvalue weighted by molar-refractivity contribution is 0.268. The lowest BCUT2D eigenvalue weighted by Gasteiger charge is -2.35. The molecule has 2 aromatic carbocycles. The first-order valence-electron chi connectivity index (χ1n) is 8.24. The maximum Gasteiger partial charge on any atom is 0.243 e. The molecule has 3 rings (SSSR count). The third kappa shape index (κ3) is 4.20. The molecule has 8 heteroatoms. The molecular formula is C18H20FN3O2S2. The summed E-state index contributed by atoms with van der Waals surface area (Å²) in [6.45, 7) is 3.64. The van der Waals surface area contributed by atoms with Crippen molar-refractivity contribution in [2.75, 3.05) is 31.5 Å². The number of piperazine rings is 1. The number of anilines is 1. The molecule has 1 fully saturated rings. The molecule has 0 unspecified atom stereocenters. The molecule has 1 saturated heterocycles. The third-order valence-electron chi connectivity index (χ3n) is 4.28. The molecule has 0 bridgehead atoms. The first-order chi connectivity index (χ1) is 12.4. The van der Waals surface area contributed by atoms with Gasteiger partial charge in [-0.25, -0.2) is 12.8 Å². The van der Waals surface area contributed by atoms with Crippen LogP contribution >= 0.6 is 12.2 Å². The molecule has 1 aliphatic rings. The summed E-state index contributed by atoms with van der Waals surface area (Å²) in [7, 11) is -3.49. The monoisotopic (exact) mass is 393 g/mol. The average molecular weight is 394 g/mol. The smallest absolute Gasteiger partial charge is 0.243 e. The van der Waals surface area contributed by atoms with Crippen molar-refractivity contribution in [3.63, 3.8) is 0 Å². The van der Waals surface area contributed by atoms with Crippen LogP contribution in [-0.2, 0) is 10.0 Å². The van der Waals surface area contributed by atoms with E-state index in [-0.39, 0.29) is 5.82 Å². The zero-order valence-corrected chi connectivity index (χ0v) is 16.0. The lowest BCUT2D eigenvalue weighted by atomic mass is 10.2. The predicted octanol–water partition coefficient (Wildman–Crippen LogP) is 2.84. The summed E-state index contributed by atoms with van der Waals surface area (Å²) >= 11 is 5.38. The zero-order valence-electron chi connectivity index (χ0n) is 14.4. The SMILES string of the molecule is Cc1ccc(S(=O)(=O)N2CCN(C(=S)Nc3ccc(F)cc3)CC2)cc1. The second-order valence-corrected chi connectivity index (χ2v) is 8.47. The van der Waals surface area contributed by atoms with Crippen LogP contribution < -0.4 is 5.32 Å². The molecule has 0 radical (unpaired) electrons. The van der Waals surface area contributed by atoms with E-state index in [0.717, 1.165) is 5.56 Å². The molecular weight excluding hydrogens is 373 g/mol. The highest BCUT2D eigenvalue weighted by Gasteiger charge is 2.29. The molecule has 0 spiro atoms. The minimum atomic E-state index is -3.49. The van der Waals surface area contributed by atoms with Crippen molar-refractivity contribution in [3.05, 3.63) is 59.9 Å². The van der Waals surface area contributed by atoms with Crippen LogP contribution in [0.4, 0.5) is 10.1 Å². The van der Waals surface area contributed by atoms with Crippen LogP contribution in [0, 0.1) is 12.7 Å². The third-order valence-corrected chi connectivity index (χ3v) is 6.55. The zero-order chi connectivity index (χ0) is 18.7. The van der Waals surface area contributed by atoms with Crippen molar-refractivity contribution in [2.45, 2.75) is 11.8 Å². The fraction of sp³-hybridized carbons (Fsp3) is 0.278. The second kappa shape index (κ2) is 7.69. The number of thiocarbonyl (C=S) groups is 1. The first kappa shape index (κ1) is 18.8. The number of sulfonamides is 1. The number of nitrogens with one attached hydrogen (secondary N) is 1. The number of benzene rings is 2. The van der Waals surface area contributed by atoms with Crippen LogP contribution in [0.2, 0.25) is 0 Å². The van der Waals surface area contributed by atoms with Crippen molar-refractivity contribution in [1.29, 1.82) is 0 Å². The van der Waals surface area contributed by atoms with Gasteiger partial charge in [-0.3, -0.25) is 0 Å². The first-order valence-corrected chi connectivity index (χ1v) is 10.1. The Balaban J connectivity index is 1.60.